The summed E-state index contributed by atoms with van der Waals surface area (Å²) in [5.41, 5.74) is 4.42. The third kappa shape index (κ3) is 5.27. The number of rotatable bonds is 4. The van der Waals surface area contributed by atoms with Gasteiger partial charge in [0.2, 0.25) is 5.91 Å². The highest BCUT2D eigenvalue weighted by molar-refractivity contribution is 6.39. The Morgan fingerprint density at radius 2 is 1.67 bits per heavy atom. The molecule has 3 rings (SSSR count). The van der Waals surface area contributed by atoms with Gasteiger partial charge in [-0.1, -0.05) is 69.4 Å². The largest absolute Gasteiger partial charge is 0.327 e. The molecule has 1 heterocycles. The highest BCUT2D eigenvalue weighted by atomic mass is 16.1. The van der Waals surface area contributed by atoms with Gasteiger partial charge in [0.1, 0.15) is 7.28 Å². The maximum absolute atomic E-state index is 11.2. The highest BCUT2D eigenvalue weighted by Gasteiger charge is 2.29. The molecule has 0 aromatic heterocycles. The first-order valence-corrected chi connectivity index (χ1v) is 10.2. The fraction of sp³-hybridized carbons (Fsp3) is 0.842. The lowest BCUT2D eigenvalue weighted by molar-refractivity contribution is -0.118. The van der Waals surface area contributed by atoms with Crippen LogP contribution in [0.2, 0.25) is 11.6 Å². The molecule has 3 aliphatic rings. The van der Waals surface area contributed by atoms with Crippen molar-refractivity contribution < 1.29 is 4.79 Å². The Hall–Kier alpha value is -0.965. The topological polar surface area (TPSA) is 44.4 Å². The predicted octanol–water partition coefficient (Wildman–Crippen LogP) is 3.48. The summed E-state index contributed by atoms with van der Waals surface area (Å²) < 4.78 is 0. The number of hydrogen-bond acceptors (Lipinski definition) is 3. The molecule has 2 aliphatic carbocycles. The number of nitrogens with zero attached hydrogens (tertiary/aromatic N) is 1. The molecule has 2 saturated carbocycles. The van der Waals surface area contributed by atoms with Gasteiger partial charge in [0.15, 0.2) is 0 Å². The van der Waals surface area contributed by atoms with Crippen LogP contribution in [0.25, 0.3) is 0 Å². The van der Waals surface area contributed by atoms with Crippen molar-refractivity contribution in [2.75, 3.05) is 6.54 Å². The molecule has 0 aromatic carbocycles. The molecular weight excluding hydrogens is 297 g/mol. The van der Waals surface area contributed by atoms with Crippen molar-refractivity contribution in [2.24, 2.45) is 0 Å². The van der Waals surface area contributed by atoms with E-state index < -0.39 is 0 Å². The average molecular weight is 331 g/mol. The van der Waals surface area contributed by atoms with Crippen LogP contribution in [0.15, 0.2) is 11.9 Å². The van der Waals surface area contributed by atoms with Gasteiger partial charge < -0.3 is 10.3 Å². The Kier molecular flexibility index (Phi) is 6.64. The SMILES string of the molecule is CC(=O)NC1=CN(C2CCC(BC3CCCCCCC3)CC2)NC1. The minimum atomic E-state index is 0.0211. The predicted molar refractivity (Wildman–Crippen MR) is 101 cm³/mol. The third-order valence-electron chi connectivity index (χ3n) is 6.18. The standard InChI is InChI=1S/C19H34BN3O/c1-15(24)22-18-13-21-23(14-18)19-11-9-17(10-12-19)20-16-7-5-3-2-4-6-8-16/h14,16-17,19-21H,2-13H2,1H3,(H,22,24). The average Bonchev–Trinajstić information content (AvgIpc) is 2.98. The second-order valence-corrected chi connectivity index (χ2v) is 8.20. The molecule has 0 saturated heterocycles. The van der Waals surface area contributed by atoms with Crippen LogP contribution in [0, 0.1) is 0 Å². The molecule has 2 N–H and O–H groups in total. The van der Waals surface area contributed by atoms with Gasteiger partial charge in [0.05, 0.1) is 12.2 Å². The first-order chi connectivity index (χ1) is 11.7. The van der Waals surface area contributed by atoms with E-state index in [1.54, 1.807) is 6.92 Å². The van der Waals surface area contributed by atoms with E-state index in [4.69, 9.17) is 0 Å². The van der Waals surface area contributed by atoms with Gasteiger partial charge in [0.25, 0.3) is 0 Å². The van der Waals surface area contributed by atoms with E-state index >= 15 is 0 Å². The number of amides is 1. The summed E-state index contributed by atoms with van der Waals surface area (Å²) in [6.45, 7) is 2.33. The summed E-state index contributed by atoms with van der Waals surface area (Å²) in [5.74, 6) is 1.97. The number of hydrazine groups is 1. The zero-order chi connectivity index (χ0) is 16.8. The molecule has 2 fully saturated rings. The summed E-state index contributed by atoms with van der Waals surface area (Å²) in [6.07, 6.45) is 17.7. The summed E-state index contributed by atoms with van der Waals surface area (Å²) in [5, 5.41) is 5.15. The van der Waals surface area contributed by atoms with Crippen molar-refractivity contribution in [3.63, 3.8) is 0 Å². The number of hydrogen-bond donors (Lipinski definition) is 2. The van der Waals surface area contributed by atoms with Gasteiger partial charge in [-0.05, 0) is 12.8 Å². The lowest BCUT2D eigenvalue weighted by Crippen LogP contribution is -2.40. The minimum Gasteiger partial charge on any atom is -0.327 e. The number of nitrogens with one attached hydrogen (secondary N) is 2. The first-order valence-electron chi connectivity index (χ1n) is 10.2. The van der Waals surface area contributed by atoms with Gasteiger partial charge in [-0.2, -0.15) is 0 Å². The molecule has 1 aliphatic heterocycles. The van der Waals surface area contributed by atoms with E-state index in [9.17, 15) is 4.79 Å². The maximum Gasteiger partial charge on any atom is 0.221 e. The van der Waals surface area contributed by atoms with Crippen LogP contribution < -0.4 is 10.7 Å². The van der Waals surface area contributed by atoms with Crippen molar-refractivity contribution in [1.29, 1.82) is 0 Å². The Labute approximate surface area is 148 Å². The zero-order valence-electron chi connectivity index (χ0n) is 15.4. The van der Waals surface area contributed by atoms with Crippen molar-refractivity contribution in [3.05, 3.63) is 11.9 Å². The molecular formula is C19H34BN3O. The quantitative estimate of drug-likeness (QED) is 0.775. The van der Waals surface area contributed by atoms with Crippen LogP contribution in [-0.4, -0.2) is 30.8 Å². The molecule has 0 unspecified atom stereocenters. The minimum absolute atomic E-state index is 0.0211. The van der Waals surface area contributed by atoms with E-state index in [1.165, 1.54) is 77.9 Å². The van der Waals surface area contributed by atoms with Crippen LogP contribution in [0.4, 0.5) is 0 Å². The second kappa shape index (κ2) is 8.93. The second-order valence-electron chi connectivity index (χ2n) is 8.20. The van der Waals surface area contributed by atoms with Crippen LogP contribution in [0.5, 0.6) is 0 Å². The molecule has 24 heavy (non-hydrogen) atoms. The van der Waals surface area contributed by atoms with E-state index in [1.807, 2.05) is 0 Å². The maximum atomic E-state index is 11.2. The highest BCUT2D eigenvalue weighted by Crippen LogP contribution is 2.36. The van der Waals surface area contributed by atoms with Crippen LogP contribution >= 0.6 is 0 Å². The number of carbonyl (C=O) groups excluding carboxylic acids is 1. The first kappa shape index (κ1) is 17.8. The molecule has 0 atom stereocenters. The Balaban J connectivity index is 1.41. The molecule has 0 spiro atoms. The van der Waals surface area contributed by atoms with Gasteiger partial charge >= 0.3 is 0 Å². The summed E-state index contributed by atoms with van der Waals surface area (Å²) >= 11 is 0. The van der Waals surface area contributed by atoms with E-state index in [2.05, 4.69) is 22.0 Å². The molecule has 0 bridgehead atoms. The normalized spacial score (nSPS) is 29.5. The van der Waals surface area contributed by atoms with E-state index in [0.29, 0.717) is 6.04 Å². The molecule has 1 amide bonds. The van der Waals surface area contributed by atoms with E-state index in [-0.39, 0.29) is 5.91 Å². The number of carbonyl (C=O) groups is 1. The smallest absolute Gasteiger partial charge is 0.221 e. The summed E-state index contributed by atoms with van der Waals surface area (Å²) in [7, 11) is 1.48. The summed E-state index contributed by atoms with van der Waals surface area (Å²) in [4.78, 5) is 11.2. The Morgan fingerprint density at radius 3 is 2.33 bits per heavy atom. The van der Waals surface area contributed by atoms with Crippen molar-refractivity contribution in [3.8, 4) is 0 Å². The molecule has 4 nitrogen and oxygen atoms in total. The monoisotopic (exact) mass is 331 g/mol. The molecule has 5 heteroatoms. The fourth-order valence-corrected chi connectivity index (χ4v) is 4.88. The molecule has 0 aromatic rings. The van der Waals surface area contributed by atoms with Gasteiger partial charge in [-0.25, -0.2) is 5.43 Å². The third-order valence-corrected chi connectivity index (χ3v) is 6.18. The van der Waals surface area contributed by atoms with Crippen molar-refractivity contribution >= 4 is 13.2 Å². The Bertz CT molecular complexity index is 438. The summed E-state index contributed by atoms with van der Waals surface area (Å²) in [6, 6.07) is 0.602. The van der Waals surface area contributed by atoms with Gasteiger partial charge in [-0.15, -0.1) is 0 Å². The van der Waals surface area contributed by atoms with Gasteiger partial charge in [0, 0.05) is 19.2 Å². The van der Waals surface area contributed by atoms with Gasteiger partial charge in [-0.3, -0.25) is 4.79 Å². The fourth-order valence-electron chi connectivity index (χ4n) is 4.88. The molecule has 0 radical (unpaired) electrons. The lowest BCUT2D eigenvalue weighted by atomic mass is 9.49. The molecule has 134 valence electrons. The lowest BCUT2D eigenvalue weighted by Gasteiger charge is -2.35. The Morgan fingerprint density at radius 1 is 1.04 bits per heavy atom. The van der Waals surface area contributed by atoms with E-state index in [0.717, 1.165) is 23.9 Å². The van der Waals surface area contributed by atoms with Crippen LogP contribution in [0.3, 0.4) is 0 Å². The van der Waals surface area contributed by atoms with Crippen LogP contribution in [-0.2, 0) is 4.79 Å². The van der Waals surface area contributed by atoms with Crippen molar-refractivity contribution in [2.45, 2.75) is 95.2 Å². The van der Waals surface area contributed by atoms with Crippen LogP contribution in [0.1, 0.15) is 77.6 Å². The van der Waals surface area contributed by atoms with Crippen molar-refractivity contribution in [1.82, 2.24) is 15.8 Å². The zero-order valence-corrected chi connectivity index (χ0v) is 15.4.